The highest BCUT2D eigenvalue weighted by Crippen LogP contribution is 2.31. The van der Waals surface area contributed by atoms with Crippen molar-refractivity contribution in [2.45, 2.75) is 18.8 Å². The van der Waals surface area contributed by atoms with E-state index in [1.807, 2.05) is 6.20 Å². The number of hydrogen-bond acceptors (Lipinski definition) is 7. The van der Waals surface area contributed by atoms with E-state index >= 15 is 0 Å². The predicted molar refractivity (Wildman–Crippen MR) is 105 cm³/mol. The first-order valence-electron chi connectivity index (χ1n) is 8.88. The number of hydrogen-bond donors (Lipinski definition) is 2. The molecule has 28 heavy (non-hydrogen) atoms. The van der Waals surface area contributed by atoms with Gasteiger partial charge in [0.15, 0.2) is 10.8 Å². The summed E-state index contributed by atoms with van der Waals surface area (Å²) in [5, 5.41) is 21.8. The summed E-state index contributed by atoms with van der Waals surface area (Å²) in [4.78, 5) is 28.4. The standard InChI is InChI=1S/C18H18N6O3S/c25-17(21-18-20-11-16(28-18)12-4-7-19-8-5-12)15-6-9-23(22-15)13-2-1-3-14(10-13)24(26)27/h1-3,6,9-12,19H,4-5,7-8H2,(H,20,21,25). The van der Waals surface area contributed by atoms with E-state index in [2.05, 4.69) is 20.7 Å². The molecule has 0 radical (unpaired) electrons. The monoisotopic (exact) mass is 398 g/mol. The van der Waals surface area contributed by atoms with Gasteiger partial charge in [-0.3, -0.25) is 20.2 Å². The molecule has 0 bridgehead atoms. The summed E-state index contributed by atoms with van der Waals surface area (Å²) < 4.78 is 1.43. The maximum Gasteiger partial charge on any atom is 0.277 e. The fraction of sp³-hybridized carbons (Fsp3) is 0.278. The molecule has 2 aromatic heterocycles. The number of nitrogens with zero attached hydrogens (tertiary/aromatic N) is 4. The Labute approximate surface area is 164 Å². The molecule has 1 amide bonds. The Morgan fingerprint density at radius 1 is 1.32 bits per heavy atom. The Morgan fingerprint density at radius 2 is 2.14 bits per heavy atom. The number of anilines is 1. The SMILES string of the molecule is O=C(Nc1ncc(C2CCNCC2)s1)c1ccn(-c2cccc([N+](=O)[O-])c2)n1. The van der Waals surface area contributed by atoms with Crippen molar-refractivity contribution >= 4 is 28.1 Å². The summed E-state index contributed by atoms with van der Waals surface area (Å²) in [7, 11) is 0. The highest BCUT2D eigenvalue weighted by molar-refractivity contribution is 7.15. The number of nitrogens with one attached hydrogen (secondary N) is 2. The van der Waals surface area contributed by atoms with Crippen molar-refractivity contribution in [1.82, 2.24) is 20.1 Å². The summed E-state index contributed by atoms with van der Waals surface area (Å²) in [6, 6.07) is 7.64. The van der Waals surface area contributed by atoms with Crippen molar-refractivity contribution in [1.29, 1.82) is 0 Å². The molecular formula is C18H18N6O3S. The van der Waals surface area contributed by atoms with E-state index in [-0.39, 0.29) is 17.3 Å². The third kappa shape index (κ3) is 3.92. The van der Waals surface area contributed by atoms with Crippen molar-refractivity contribution in [2.75, 3.05) is 18.4 Å². The van der Waals surface area contributed by atoms with Gasteiger partial charge in [0, 0.05) is 29.4 Å². The average molecular weight is 398 g/mol. The minimum atomic E-state index is -0.469. The number of amides is 1. The van der Waals surface area contributed by atoms with Gasteiger partial charge in [0.2, 0.25) is 0 Å². The van der Waals surface area contributed by atoms with E-state index in [1.54, 1.807) is 24.4 Å². The molecule has 0 unspecified atom stereocenters. The Bertz CT molecular complexity index is 1010. The highest BCUT2D eigenvalue weighted by Gasteiger charge is 2.19. The molecule has 4 rings (SSSR count). The van der Waals surface area contributed by atoms with Gasteiger partial charge in [-0.25, -0.2) is 9.67 Å². The zero-order valence-corrected chi connectivity index (χ0v) is 15.7. The van der Waals surface area contributed by atoms with Gasteiger partial charge in [0.25, 0.3) is 11.6 Å². The number of thiazole rings is 1. The van der Waals surface area contributed by atoms with Crippen LogP contribution in [-0.4, -0.2) is 38.7 Å². The van der Waals surface area contributed by atoms with Crippen LogP contribution in [0.4, 0.5) is 10.8 Å². The second-order valence-electron chi connectivity index (χ2n) is 6.47. The molecule has 1 aliphatic rings. The Kier molecular flexibility index (Phi) is 5.13. The molecule has 0 saturated carbocycles. The van der Waals surface area contributed by atoms with Crippen LogP contribution >= 0.6 is 11.3 Å². The van der Waals surface area contributed by atoms with Gasteiger partial charge in [-0.15, -0.1) is 11.3 Å². The van der Waals surface area contributed by atoms with Crippen LogP contribution < -0.4 is 10.6 Å². The number of aromatic nitrogens is 3. The van der Waals surface area contributed by atoms with Crippen LogP contribution in [0.15, 0.2) is 42.7 Å². The fourth-order valence-electron chi connectivity index (χ4n) is 3.14. The summed E-state index contributed by atoms with van der Waals surface area (Å²) in [6.45, 7) is 2.00. The van der Waals surface area contributed by atoms with Crippen molar-refractivity contribution in [3.8, 4) is 5.69 Å². The van der Waals surface area contributed by atoms with Gasteiger partial charge < -0.3 is 5.32 Å². The molecule has 144 valence electrons. The number of carbonyl (C=O) groups is 1. The van der Waals surface area contributed by atoms with Crippen molar-refractivity contribution in [2.24, 2.45) is 0 Å². The number of rotatable bonds is 5. The van der Waals surface area contributed by atoms with Crippen LogP contribution in [0.3, 0.4) is 0 Å². The zero-order chi connectivity index (χ0) is 19.5. The summed E-state index contributed by atoms with van der Waals surface area (Å²) >= 11 is 1.49. The Balaban J connectivity index is 1.45. The van der Waals surface area contributed by atoms with Crippen molar-refractivity contribution in [3.63, 3.8) is 0 Å². The van der Waals surface area contributed by atoms with Crippen LogP contribution in [0.5, 0.6) is 0 Å². The Morgan fingerprint density at radius 3 is 2.93 bits per heavy atom. The largest absolute Gasteiger partial charge is 0.317 e. The number of piperidine rings is 1. The van der Waals surface area contributed by atoms with Gasteiger partial charge in [-0.1, -0.05) is 6.07 Å². The van der Waals surface area contributed by atoms with E-state index in [0.29, 0.717) is 16.7 Å². The summed E-state index contributed by atoms with van der Waals surface area (Å²) in [5.74, 6) is 0.118. The summed E-state index contributed by atoms with van der Waals surface area (Å²) in [5.41, 5.74) is 0.688. The van der Waals surface area contributed by atoms with Crippen LogP contribution in [0.25, 0.3) is 5.69 Å². The summed E-state index contributed by atoms with van der Waals surface area (Å²) in [6.07, 6.45) is 5.57. The lowest BCUT2D eigenvalue weighted by molar-refractivity contribution is -0.384. The second kappa shape index (κ2) is 7.87. The minimum Gasteiger partial charge on any atom is -0.317 e. The molecule has 3 aromatic rings. The number of non-ortho nitro benzene ring substituents is 1. The van der Waals surface area contributed by atoms with E-state index in [4.69, 9.17) is 0 Å². The molecule has 1 fully saturated rings. The third-order valence-electron chi connectivity index (χ3n) is 4.61. The van der Waals surface area contributed by atoms with E-state index in [0.717, 1.165) is 25.9 Å². The highest BCUT2D eigenvalue weighted by atomic mass is 32.1. The van der Waals surface area contributed by atoms with Crippen LogP contribution in [0.2, 0.25) is 0 Å². The van der Waals surface area contributed by atoms with Crippen molar-refractivity contribution < 1.29 is 9.72 Å². The second-order valence-corrected chi connectivity index (χ2v) is 7.53. The van der Waals surface area contributed by atoms with Crippen LogP contribution in [-0.2, 0) is 0 Å². The molecule has 3 heterocycles. The molecule has 10 heteroatoms. The molecular weight excluding hydrogens is 380 g/mol. The first-order valence-corrected chi connectivity index (χ1v) is 9.70. The number of carbonyl (C=O) groups excluding carboxylic acids is 1. The molecule has 0 atom stereocenters. The average Bonchev–Trinajstić information content (AvgIpc) is 3.39. The lowest BCUT2D eigenvalue weighted by Crippen LogP contribution is -2.26. The molecule has 1 saturated heterocycles. The lowest BCUT2D eigenvalue weighted by Gasteiger charge is -2.20. The molecule has 0 spiro atoms. The normalized spacial score (nSPS) is 14.7. The maximum absolute atomic E-state index is 12.5. The first-order chi connectivity index (χ1) is 13.6. The number of nitro groups is 1. The van der Waals surface area contributed by atoms with Gasteiger partial charge in [-0.05, 0) is 44.0 Å². The molecule has 2 N–H and O–H groups in total. The van der Waals surface area contributed by atoms with E-state index < -0.39 is 4.92 Å². The molecule has 1 aliphatic heterocycles. The minimum absolute atomic E-state index is 0.0350. The molecule has 0 aliphatic carbocycles. The fourth-order valence-corrected chi connectivity index (χ4v) is 4.12. The van der Waals surface area contributed by atoms with Gasteiger partial charge in [-0.2, -0.15) is 5.10 Å². The van der Waals surface area contributed by atoms with Gasteiger partial charge in [0.1, 0.15) is 0 Å². The number of benzene rings is 1. The predicted octanol–water partition coefficient (Wildman–Crippen LogP) is 2.96. The third-order valence-corrected chi connectivity index (χ3v) is 5.69. The number of nitro benzene ring substituents is 1. The van der Waals surface area contributed by atoms with Crippen LogP contribution in [0, 0.1) is 10.1 Å². The maximum atomic E-state index is 12.5. The Hall–Kier alpha value is -3.11. The smallest absolute Gasteiger partial charge is 0.277 e. The first kappa shape index (κ1) is 18.3. The van der Waals surface area contributed by atoms with E-state index in [9.17, 15) is 14.9 Å². The van der Waals surface area contributed by atoms with Crippen molar-refractivity contribution in [3.05, 3.63) is 63.4 Å². The van der Waals surface area contributed by atoms with Gasteiger partial charge >= 0.3 is 0 Å². The van der Waals surface area contributed by atoms with Crippen LogP contribution in [0.1, 0.15) is 34.1 Å². The zero-order valence-electron chi connectivity index (χ0n) is 14.9. The molecule has 9 nitrogen and oxygen atoms in total. The lowest BCUT2D eigenvalue weighted by atomic mass is 9.97. The molecule has 1 aromatic carbocycles. The van der Waals surface area contributed by atoms with Gasteiger partial charge in [0.05, 0.1) is 10.6 Å². The topological polar surface area (TPSA) is 115 Å². The van der Waals surface area contributed by atoms with E-state index in [1.165, 1.54) is 33.0 Å². The quantitative estimate of drug-likeness (QED) is 0.504.